The Balaban J connectivity index is 2.55. The second-order valence-electron chi connectivity index (χ2n) is 3.73. The number of hydrogen-bond donors (Lipinski definition) is 2. The Bertz CT molecular complexity index is 471. The molecule has 78 valence electrons. The lowest BCUT2D eigenvalue weighted by atomic mass is 10.00. The quantitative estimate of drug-likeness (QED) is 0.724. The fraction of sp³-hybridized carbons (Fsp3) is 0.273. The van der Waals surface area contributed by atoms with Crippen LogP contribution in [0.25, 0.3) is 5.57 Å². The van der Waals surface area contributed by atoms with E-state index in [9.17, 15) is 0 Å². The van der Waals surface area contributed by atoms with Crippen LogP contribution in [0.2, 0.25) is 0 Å². The van der Waals surface area contributed by atoms with E-state index in [1.54, 1.807) is 6.07 Å². The van der Waals surface area contributed by atoms with Crippen molar-refractivity contribution in [2.75, 3.05) is 18.0 Å². The van der Waals surface area contributed by atoms with Gasteiger partial charge in [0.05, 0.1) is 6.54 Å². The first-order valence-electron chi connectivity index (χ1n) is 4.83. The molecule has 0 radical (unpaired) electrons. The Morgan fingerprint density at radius 2 is 1.93 bits per heavy atom. The molecule has 2 rings (SSSR count). The Morgan fingerprint density at radius 1 is 1.20 bits per heavy atom. The molecule has 4 heteroatoms. The van der Waals surface area contributed by atoms with E-state index in [-0.39, 0.29) is 0 Å². The third-order valence-electron chi connectivity index (χ3n) is 2.56. The number of anilines is 2. The summed E-state index contributed by atoms with van der Waals surface area (Å²) in [6.07, 6.45) is 0. The predicted molar refractivity (Wildman–Crippen MR) is 63.6 cm³/mol. The van der Waals surface area contributed by atoms with E-state index in [1.165, 1.54) is 5.57 Å². The van der Waals surface area contributed by atoms with Crippen LogP contribution < -0.4 is 11.5 Å². The van der Waals surface area contributed by atoms with E-state index in [1.807, 2.05) is 13.0 Å². The highest BCUT2D eigenvalue weighted by Gasteiger charge is 2.17. The molecule has 0 unspecified atom stereocenters. The van der Waals surface area contributed by atoms with Gasteiger partial charge in [0.1, 0.15) is 11.6 Å². The minimum atomic E-state index is 0.446. The molecule has 15 heavy (non-hydrogen) atoms. The number of nitrogens with two attached hydrogens (primary N) is 2. The second-order valence-corrected chi connectivity index (χ2v) is 3.73. The van der Waals surface area contributed by atoms with Gasteiger partial charge in [-0.05, 0) is 31.6 Å². The van der Waals surface area contributed by atoms with Crippen LogP contribution in [0.15, 0.2) is 22.7 Å². The number of rotatable bonds is 1. The third-order valence-corrected chi connectivity index (χ3v) is 2.56. The Kier molecular flexibility index (Phi) is 2.19. The summed E-state index contributed by atoms with van der Waals surface area (Å²) < 4.78 is 0. The van der Waals surface area contributed by atoms with Crippen molar-refractivity contribution in [2.45, 2.75) is 13.8 Å². The molecule has 0 aliphatic carbocycles. The summed E-state index contributed by atoms with van der Waals surface area (Å²) in [4.78, 5) is 8.42. The van der Waals surface area contributed by atoms with E-state index >= 15 is 0 Å². The van der Waals surface area contributed by atoms with Gasteiger partial charge in [-0.1, -0.05) is 0 Å². The second kappa shape index (κ2) is 3.38. The number of nitrogens with zero attached hydrogens (tertiary/aromatic N) is 2. The zero-order valence-corrected chi connectivity index (χ0v) is 8.91. The lowest BCUT2D eigenvalue weighted by Crippen LogP contribution is -2.03. The minimum Gasteiger partial charge on any atom is -0.384 e. The molecule has 0 saturated carbocycles. The Hall–Kier alpha value is -1.84. The lowest BCUT2D eigenvalue weighted by Gasteiger charge is -2.08. The van der Waals surface area contributed by atoms with Crippen molar-refractivity contribution in [3.8, 4) is 0 Å². The maximum absolute atomic E-state index is 5.85. The highest BCUT2D eigenvalue weighted by atomic mass is 14.9. The average molecular weight is 202 g/mol. The van der Waals surface area contributed by atoms with E-state index in [0.29, 0.717) is 11.6 Å². The normalized spacial score (nSPS) is 15.7. The molecule has 0 saturated heterocycles. The molecule has 1 aromatic heterocycles. The number of aliphatic imine (C=N–C) groups is 1. The summed E-state index contributed by atoms with van der Waals surface area (Å²) in [5.74, 6) is 0.919. The topological polar surface area (TPSA) is 77.3 Å². The Morgan fingerprint density at radius 3 is 2.47 bits per heavy atom. The van der Waals surface area contributed by atoms with Gasteiger partial charge in [0, 0.05) is 16.8 Å². The molecule has 0 spiro atoms. The van der Waals surface area contributed by atoms with Crippen molar-refractivity contribution in [3.05, 3.63) is 23.3 Å². The van der Waals surface area contributed by atoms with E-state index in [2.05, 4.69) is 16.9 Å². The van der Waals surface area contributed by atoms with E-state index < -0.39 is 0 Å². The number of nitrogen functional groups attached to an aromatic ring is 2. The fourth-order valence-corrected chi connectivity index (χ4v) is 1.83. The highest BCUT2D eigenvalue weighted by Crippen LogP contribution is 2.28. The molecule has 4 nitrogen and oxygen atoms in total. The SMILES string of the molecule is CC1=NCC(C)=C1c1ccc(N)nc1N. The van der Waals surface area contributed by atoms with Crippen LogP contribution in [0.3, 0.4) is 0 Å². The predicted octanol–water partition coefficient (Wildman–Crippen LogP) is 1.49. The van der Waals surface area contributed by atoms with Gasteiger partial charge in [-0.3, -0.25) is 4.99 Å². The van der Waals surface area contributed by atoms with Crippen molar-refractivity contribution >= 4 is 22.9 Å². The highest BCUT2D eigenvalue weighted by molar-refractivity contribution is 6.26. The largest absolute Gasteiger partial charge is 0.384 e. The summed E-state index contributed by atoms with van der Waals surface area (Å²) >= 11 is 0. The monoisotopic (exact) mass is 202 g/mol. The van der Waals surface area contributed by atoms with Crippen LogP contribution in [-0.2, 0) is 0 Å². The number of hydrogen-bond acceptors (Lipinski definition) is 4. The zero-order chi connectivity index (χ0) is 11.0. The van der Waals surface area contributed by atoms with Gasteiger partial charge in [-0.15, -0.1) is 0 Å². The third kappa shape index (κ3) is 1.58. The van der Waals surface area contributed by atoms with Crippen LogP contribution in [-0.4, -0.2) is 17.2 Å². The average Bonchev–Trinajstić information content (AvgIpc) is 2.48. The summed E-state index contributed by atoms with van der Waals surface area (Å²) in [5.41, 5.74) is 15.7. The number of aromatic nitrogens is 1. The molecule has 0 aromatic carbocycles. The summed E-state index contributed by atoms with van der Waals surface area (Å²) in [7, 11) is 0. The summed E-state index contributed by atoms with van der Waals surface area (Å²) in [5, 5.41) is 0. The molecular formula is C11H14N4. The molecule has 0 amide bonds. The van der Waals surface area contributed by atoms with Crippen LogP contribution in [0, 0.1) is 0 Å². The van der Waals surface area contributed by atoms with Crippen molar-refractivity contribution in [1.82, 2.24) is 4.98 Å². The molecule has 2 heterocycles. The summed E-state index contributed by atoms with van der Waals surface area (Å²) in [6, 6.07) is 3.67. The van der Waals surface area contributed by atoms with Gasteiger partial charge < -0.3 is 11.5 Å². The van der Waals surface area contributed by atoms with E-state index in [0.717, 1.165) is 23.4 Å². The smallest absolute Gasteiger partial charge is 0.133 e. The van der Waals surface area contributed by atoms with Crippen LogP contribution >= 0.6 is 0 Å². The van der Waals surface area contributed by atoms with Gasteiger partial charge in [0.25, 0.3) is 0 Å². The molecule has 4 N–H and O–H groups in total. The lowest BCUT2D eigenvalue weighted by molar-refractivity contribution is 1.17. The number of allylic oxidation sites excluding steroid dienone is 1. The molecule has 1 aliphatic rings. The van der Waals surface area contributed by atoms with Gasteiger partial charge in [0.15, 0.2) is 0 Å². The fourth-order valence-electron chi connectivity index (χ4n) is 1.83. The van der Waals surface area contributed by atoms with Gasteiger partial charge in [-0.25, -0.2) is 4.98 Å². The first-order chi connectivity index (χ1) is 7.09. The van der Waals surface area contributed by atoms with E-state index in [4.69, 9.17) is 11.5 Å². The van der Waals surface area contributed by atoms with Gasteiger partial charge in [0.2, 0.25) is 0 Å². The van der Waals surface area contributed by atoms with Crippen molar-refractivity contribution in [2.24, 2.45) is 4.99 Å². The van der Waals surface area contributed by atoms with Crippen molar-refractivity contribution < 1.29 is 0 Å². The summed E-state index contributed by atoms with van der Waals surface area (Å²) in [6.45, 7) is 4.80. The number of pyridine rings is 1. The molecule has 1 aromatic rings. The standard InChI is InChI=1S/C11H14N4/c1-6-5-14-7(2)10(6)8-3-4-9(12)15-11(8)13/h3-4H,5H2,1-2H3,(H4,12,13,15). The first kappa shape index (κ1) is 9.71. The minimum absolute atomic E-state index is 0.446. The maximum Gasteiger partial charge on any atom is 0.133 e. The van der Waals surface area contributed by atoms with Crippen LogP contribution in [0.5, 0.6) is 0 Å². The molecule has 0 bridgehead atoms. The Labute approximate surface area is 88.7 Å². The maximum atomic E-state index is 5.85. The van der Waals surface area contributed by atoms with Crippen LogP contribution in [0.4, 0.5) is 11.6 Å². The first-order valence-corrected chi connectivity index (χ1v) is 4.83. The van der Waals surface area contributed by atoms with Crippen molar-refractivity contribution in [1.29, 1.82) is 0 Å². The van der Waals surface area contributed by atoms with Gasteiger partial charge >= 0.3 is 0 Å². The van der Waals surface area contributed by atoms with Gasteiger partial charge in [-0.2, -0.15) is 0 Å². The zero-order valence-electron chi connectivity index (χ0n) is 8.91. The molecular weight excluding hydrogens is 188 g/mol. The molecule has 0 fully saturated rings. The van der Waals surface area contributed by atoms with Crippen LogP contribution in [0.1, 0.15) is 19.4 Å². The van der Waals surface area contributed by atoms with Crippen molar-refractivity contribution in [3.63, 3.8) is 0 Å². The molecule has 0 atom stereocenters. The molecule has 1 aliphatic heterocycles.